The van der Waals surface area contributed by atoms with Gasteiger partial charge in [0, 0.05) is 6.04 Å². The summed E-state index contributed by atoms with van der Waals surface area (Å²) >= 11 is 0. The molecule has 1 saturated carbocycles. The molecule has 0 radical (unpaired) electrons. The van der Waals surface area contributed by atoms with Crippen LogP contribution in [0.2, 0.25) is 0 Å². The highest BCUT2D eigenvalue weighted by Crippen LogP contribution is 2.35. The fourth-order valence-corrected chi connectivity index (χ4v) is 4.18. The topological polar surface area (TPSA) is 58.6 Å². The molecule has 0 unspecified atom stereocenters. The van der Waals surface area contributed by atoms with Crippen molar-refractivity contribution in [3.8, 4) is 5.75 Å². The van der Waals surface area contributed by atoms with Crippen molar-refractivity contribution in [3.63, 3.8) is 0 Å². The van der Waals surface area contributed by atoms with Crippen LogP contribution in [-0.2, 0) is 9.59 Å². The highest BCUT2D eigenvalue weighted by molar-refractivity contribution is 6.12. The highest BCUT2D eigenvalue weighted by atomic mass is 19.1. The van der Waals surface area contributed by atoms with Gasteiger partial charge in [-0.1, -0.05) is 56.4 Å². The molecule has 1 heterocycles. The van der Waals surface area contributed by atoms with Crippen molar-refractivity contribution in [1.82, 2.24) is 5.32 Å². The summed E-state index contributed by atoms with van der Waals surface area (Å²) in [6, 6.07) is 13.2. The number of hydrogen-bond donors (Lipinski definition) is 1. The van der Waals surface area contributed by atoms with Crippen molar-refractivity contribution in [2.24, 2.45) is 0 Å². The Bertz CT molecular complexity index is 980. The Labute approximate surface area is 181 Å². The van der Waals surface area contributed by atoms with Crippen molar-refractivity contribution in [1.29, 1.82) is 0 Å². The lowest BCUT2D eigenvalue weighted by atomic mass is 9.97. The van der Waals surface area contributed by atoms with E-state index in [1.165, 1.54) is 42.4 Å². The Morgan fingerprint density at radius 3 is 2.58 bits per heavy atom. The molecular weight excluding hydrogens is 395 g/mol. The van der Waals surface area contributed by atoms with Crippen LogP contribution in [-0.4, -0.2) is 24.4 Å². The quantitative estimate of drug-likeness (QED) is 0.719. The SMILES string of the molecule is O=C(CN1C(=O)C(=Cc2cccc(F)c2)Oc2ccccc21)NC1CCCCCCC1. The molecule has 1 N–H and O–H groups in total. The predicted molar refractivity (Wildman–Crippen MR) is 118 cm³/mol. The van der Waals surface area contributed by atoms with Crippen molar-refractivity contribution < 1.29 is 18.7 Å². The second-order valence-corrected chi connectivity index (χ2v) is 8.13. The zero-order valence-electron chi connectivity index (χ0n) is 17.5. The molecule has 0 aromatic heterocycles. The van der Waals surface area contributed by atoms with Crippen LogP contribution in [0.25, 0.3) is 6.08 Å². The molecular formula is C25H27FN2O3. The molecule has 0 atom stereocenters. The first-order chi connectivity index (χ1) is 15.1. The Morgan fingerprint density at radius 2 is 1.81 bits per heavy atom. The molecule has 2 aliphatic rings. The highest BCUT2D eigenvalue weighted by Gasteiger charge is 2.32. The number of anilines is 1. The van der Waals surface area contributed by atoms with Crippen molar-refractivity contribution in [3.05, 3.63) is 65.7 Å². The number of benzene rings is 2. The molecule has 1 fully saturated rings. The number of para-hydroxylation sites is 2. The van der Waals surface area contributed by atoms with Gasteiger partial charge in [0.1, 0.15) is 12.4 Å². The van der Waals surface area contributed by atoms with Gasteiger partial charge in [-0.2, -0.15) is 0 Å². The van der Waals surface area contributed by atoms with Crippen LogP contribution in [0.5, 0.6) is 5.75 Å². The summed E-state index contributed by atoms with van der Waals surface area (Å²) in [5.41, 5.74) is 1.07. The zero-order chi connectivity index (χ0) is 21.6. The van der Waals surface area contributed by atoms with E-state index in [4.69, 9.17) is 4.74 Å². The maximum atomic E-state index is 13.6. The Morgan fingerprint density at radius 1 is 1.06 bits per heavy atom. The Kier molecular flexibility index (Phi) is 6.65. The van der Waals surface area contributed by atoms with Crippen molar-refractivity contribution >= 4 is 23.6 Å². The van der Waals surface area contributed by atoms with Gasteiger partial charge in [-0.25, -0.2) is 4.39 Å². The maximum Gasteiger partial charge on any atom is 0.294 e. The van der Waals surface area contributed by atoms with Crippen LogP contribution >= 0.6 is 0 Å². The van der Waals surface area contributed by atoms with E-state index in [-0.39, 0.29) is 24.3 Å². The van der Waals surface area contributed by atoms with Gasteiger partial charge in [-0.3, -0.25) is 14.5 Å². The summed E-state index contributed by atoms with van der Waals surface area (Å²) in [5.74, 6) is -0.448. The molecule has 0 bridgehead atoms. The lowest BCUT2D eigenvalue weighted by molar-refractivity contribution is -0.124. The number of carbonyl (C=O) groups is 2. The van der Waals surface area contributed by atoms with E-state index in [9.17, 15) is 14.0 Å². The van der Waals surface area contributed by atoms with Gasteiger partial charge in [0.2, 0.25) is 5.91 Å². The molecule has 5 nitrogen and oxygen atoms in total. The maximum absolute atomic E-state index is 13.6. The number of halogens is 1. The van der Waals surface area contributed by atoms with Crippen molar-refractivity contribution in [2.45, 2.75) is 51.0 Å². The molecule has 162 valence electrons. The number of hydrogen-bond acceptors (Lipinski definition) is 3. The third kappa shape index (κ3) is 5.32. The van der Waals surface area contributed by atoms with E-state index >= 15 is 0 Å². The van der Waals surface area contributed by atoms with Gasteiger partial charge < -0.3 is 10.1 Å². The van der Waals surface area contributed by atoms with Gasteiger partial charge in [-0.05, 0) is 48.7 Å². The van der Waals surface area contributed by atoms with E-state index in [0.29, 0.717) is 17.0 Å². The molecule has 2 aromatic rings. The molecule has 31 heavy (non-hydrogen) atoms. The second kappa shape index (κ2) is 9.77. The molecule has 2 amide bonds. The van der Waals surface area contributed by atoms with Gasteiger partial charge >= 0.3 is 0 Å². The second-order valence-electron chi connectivity index (χ2n) is 8.13. The Balaban J connectivity index is 1.53. The average molecular weight is 423 g/mol. The number of fused-ring (bicyclic) bond motifs is 1. The summed E-state index contributed by atoms with van der Waals surface area (Å²) in [6.07, 6.45) is 9.36. The molecule has 0 saturated heterocycles. The summed E-state index contributed by atoms with van der Waals surface area (Å²) in [5, 5.41) is 3.11. The number of ether oxygens (including phenoxy) is 1. The standard InChI is InChI=1S/C25H27FN2O3/c26-19-10-8-9-18(15-19)16-23-25(30)28(21-13-6-7-14-22(21)31-23)17-24(29)27-20-11-4-2-1-3-5-12-20/h6-10,13-16,20H,1-5,11-12,17H2,(H,27,29). The molecule has 4 rings (SSSR count). The van der Waals surface area contributed by atoms with Crippen molar-refractivity contribution in [2.75, 3.05) is 11.4 Å². The van der Waals surface area contributed by atoms with E-state index in [2.05, 4.69) is 5.32 Å². The average Bonchev–Trinajstić information content (AvgIpc) is 2.73. The van der Waals surface area contributed by atoms with Gasteiger partial charge in [0.05, 0.1) is 5.69 Å². The summed E-state index contributed by atoms with van der Waals surface area (Å²) in [6.45, 7) is -0.0871. The number of carbonyl (C=O) groups excluding carboxylic acids is 2. The minimum absolute atomic E-state index is 0.0584. The van der Waals surface area contributed by atoms with Crippen LogP contribution in [0.3, 0.4) is 0 Å². The summed E-state index contributed by atoms with van der Waals surface area (Å²) in [7, 11) is 0. The van der Waals surface area contributed by atoms with Gasteiger partial charge in [0.15, 0.2) is 11.5 Å². The monoisotopic (exact) mass is 422 g/mol. The number of rotatable bonds is 4. The van der Waals surface area contributed by atoms with Crippen LogP contribution in [0, 0.1) is 5.82 Å². The summed E-state index contributed by atoms with van der Waals surface area (Å²) < 4.78 is 19.4. The molecule has 1 aliphatic heterocycles. The lowest BCUT2D eigenvalue weighted by Crippen LogP contribution is -2.46. The first-order valence-corrected chi connectivity index (χ1v) is 11.0. The molecule has 6 heteroatoms. The third-order valence-corrected chi connectivity index (χ3v) is 5.75. The Hall–Kier alpha value is -3.15. The van der Waals surface area contributed by atoms with Crippen LogP contribution in [0.1, 0.15) is 50.5 Å². The van der Waals surface area contributed by atoms with Crippen LogP contribution in [0.15, 0.2) is 54.3 Å². The minimum atomic E-state index is -0.421. The van der Waals surface area contributed by atoms with E-state index in [1.807, 2.05) is 0 Å². The number of nitrogens with zero attached hydrogens (tertiary/aromatic N) is 1. The molecule has 1 aliphatic carbocycles. The van der Waals surface area contributed by atoms with Crippen LogP contribution in [0.4, 0.5) is 10.1 Å². The molecule has 0 spiro atoms. The number of amides is 2. The minimum Gasteiger partial charge on any atom is -0.449 e. The smallest absolute Gasteiger partial charge is 0.294 e. The lowest BCUT2D eigenvalue weighted by Gasteiger charge is -2.30. The third-order valence-electron chi connectivity index (χ3n) is 5.75. The van der Waals surface area contributed by atoms with E-state index in [1.54, 1.807) is 36.4 Å². The predicted octanol–water partition coefficient (Wildman–Crippen LogP) is 4.82. The fourth-order valence-electron chi connectivity index (χ4n) is 4.18. The number of nitrogens with one attached hydrogen (secondary N) is 1. The van der Waals surface area contributed by atoms with E-state index < -0.39 is 11.7 Å². The van der Waals surface area contributed by atoms with Gasteiger partial charge in [-0.15, -0.1) is 0 Å². The first kappa shape index (κ1) is 21.1. The van der Waals surface area contributed by atoms with Gasteiger partial charge in [0.25, 0.3) is 5.91 Å². The van der Waals surface area contributed by atoms with Crippen LogP contribution < -0.4 is 15.0 Å². The fraction of sp³-hybridized carbons (Fsp3) is 0.360. The van der Waals surface area contributed by atoms with E-state index in [0.717, 1.165) is 25.7 Å². The first-order valence-electron chi connectivity index (χ1n) is 11.0. The molecule has 2 aromatic carbocycles. The zero-order valence-corrected chi connectivity index (χ0v) is 17.5. The largest absolute Gasteiger partial charge is 0.449 e. The normalized spacial score (nSPS) is 18.7. The summed E-state index contributed by atoms with van der Waals surface area (Å²) in [4.78, 5) is 27.4.